The summed E-state index contributed by atoms with van der Waals surface area (Å²) in [6.45, 7) is 14.3. The van der Waals surface area contributed by atoms with Crippen LogP contribution >= 0.6 is 0 Å². The summed E-state index contributed by atoms with van der Waals surface area (Å²) in [6.07, 6.45) is -1.61. The SMILES string of the molecule is CC(C)C[C@H](NC(=O)[C@H](CCCCN)NC(=O)[C@@H](NC(=O)[C@H](CC(C)C)NC(=O)[C@@H]1CCCN1C(=O)[C@H](CC(=O)O)NC(=O)[C@H](Cc1ccc(O)cc1)NC(=O)[C@H](Cc1c[nH]c2ccccc12)NC(=O)[C@H](CC(N)=O)NC(=O)[C@H](C)N)[C@@H](C)O)C(=O)N[C@@H](Cc1c[nH]c2ccccc12)C(=O)N[C@@H](CC(C)C)C(=O)N1CCC[C@H]1C(=O)N[C@H](C(=O)O)[C@@H](C)O. The number of hydrogen-bond donors (Lipinski definition) is 21. The summed E-state index contributed by atoms with van der Waals surface area (Å²) >= 11 is 0. The van der Waals surface area contributed by atoms with Crippen LogP contribution in [0.15, 0.2) is 85.2 Å². The predicted molar refractivity (Wildman–Crippen MR) is 449 cm³/mol. The van der Waals surface area contributed by atoms with E-state index in [1.54, 1.807) is 102 Å². The maximum Gasteiger partial charge on any atom is 0.328 e. The van der Waals surface area contributed by atoms with Gasteiger partial charge in [-0.15, -0.1) is 0 Å². The van der Waals surface area contributed by atoms with Crippen LogP contribution in [0.2, 0.25) is 0 Å². The van der Waals surface area contributed by atoms with Crippen molar-refractivity contribution < 1.29 is 102 Å². The van der Waals surface area contributed by atoms with Crippen LogP contribution in [0.4, 0.5) is 0 Å². The van der Waals surface area contributed by atoms with Gasteiger partial charge in [-0.1, -0.05) is 90.1 Å². The number of primary amides is 1. The van der Waals surface area contributed by atoms with Gasteiger partial charge in [-0.05, 0) is 150 Å². The van der Waals surface area contributed by atoms with Gasteiger partial charge in [-0.2, -0.15) is 0 Å². The number of aliphatic hydroxyl groups is 2. The Morgan fingerprint density at radius 3 is 1.30 bits per heavy atom. The summed E-state index contributed by atoms with van der Waals surface area (Å²) < 4.78 is 0. The maximum absolute atomic E-state index is 15.0. The highest BCUT2D eigenvalue weighted by Gasteiger charge is 2.45. The van der Waals surface area contributed by atoms with Crippen molar-refractivity contribution in [2.45, 2.75) is 255 Å². The van der Waals surface area contributed by atoms with Crippen molar-refractivity contribution in [2.75, 3.05) is 19.6 Å². The first-order valence-corrected chi connectivity index (χ1v) is 41.5. The van der Waals surface area contributed by atoms with E-state index in [0.717, 1.165) is 4.90 Å². The molecule has 123 heavy (non-hydrogen) atoms. The Balaban J connectivity index is 1.09. The summed E-state index contributed by atoms with van der Waals surface area (Å²) in [6, 6.07) is -1.75. The van der Waals surface area contributed by atoms with Crippen LogP contribution in [0, 0.1) is 17.8 Å². The number of aliphatic carboxylic acids is 2. The molecule has 39 nitrogen and oxygen atoms in total. The van der Waals surface area contributed by atoms with Gasteiger partial charge < -0.3 is 121 Å². The summed E-state index contributed by atoms with van der Waals surface area (Å²) in [4.78, 5) is 234. The first-order valence-electron chi connectivity index (χ1n) is 41.5. The van der Waals surface area contributed by atoms with Crippen molar-refractivity contribution in [3.05, 3.63) is 102 Å². The van der Waals surface area contributed by atoms with E-state index in [9.17, 15) is 102 Å². The number of unbranched alkanes of at least 4 members (excludes halogenated alkanes) is 1. The van der Waals surface area contributed by atoms with Gasteiger partial charge in [0.2, 0.25) is 82.7 Å². The molecule has 2 aliphatic heterocycles. The number of carboxylic acids is 2. The van der Waals surface area contributed by atoms with Gasteiger partial charge in [0.05, 0.1) is 31.1 Å². The van der Waals surface area contributed by atoms with Gasteiger partial charge in [0.15, 0.2) is 6.04 Å². The van der Waals surface area contributed by atoms with Crippen molar-refractivity contribution in [1.82, 2.24) is 78.3 Å². The number of amides is 14. The molecular weight excluding hydrogens is 1600 g/mol. The number of phenols is 1. The topological polar surface area (TPSA) is 623 Å². The minimum Gasteiger partial charge on any atom is -0.508 e. The van der Waals surface area contributed by atoms with Gasteiger partial charge >= 0.3 is 11.9 Å². The Kier molecular flexibility index (Phi) is 36.8. The summed E-state index contributed by atoms with van der Waals surface area (Å²) in [5.41, 5.74) is 19.8. The van der Waals surface area contributed by atoms with Crippen LogP contribution in [-0.2, 0) is 96.0 Å². The number of aliphatic hydroxyl groups excluding tert-OH is 2. The first kappa shape index (κ1) is 98.0. The number of benzene rings is 3. The standard InChI is InChI=1S/C84H120N18O21/c1-42(2)32-57(73(111)94-61(37-50-41-89-55-21-13-11-19-53(50)55)76(114)97-63(34-44(5)6)82(120)102-31-17-24-66(102)80(118)100-70(47(9)104)84(122)123)92-72(110)56(22-14-15-29-85)90-81(119)69(46(8)103)99-78(116)58(33-43(3)4)96-79(117)65-23-16-30-101(65)83(121)64(39-68(107)108)98-74(112)59(35-48-25-27-51(105)28-26-48)93-75(113)60(36-49-40-88-54-20-12-10-18-52(49)54)95-77(115)62(38-67(87)106)91-71(109)45(7)86/h10-13,18-21,25-28,40-47,56-66,69-70,88-89,103-105H,14-17,22-24,29-39,85-86H2,1-9H3,(H2,87,106)(H,90,119)(H,91,109)(H,92,110)(H,93,113)(H,94,111)(H,95,115)(H,96,117)(H,97,114)(H,98,112)(H,99,116)(H,100,118)(H,107,108)(H,122,123)/t45-,46+,47+,56-,57-,58-,59-,60-,61-,62-,63-,64-,65-,66-,69-,70-/m0/s1. The van der Waals surface area contributed by atoms with Gasteiger partial charge in [0.25, 0.3) is 0 Å². The molecule has 14 amide bonds. The molecule has 2 saturated heterocycles. The number of hydrogen-bond acceptors (Lipinski definition) is 21. The van der Waals surface area contributed by atoms with Crippen LogP contribution in [0.3, 0.4) is 0 Å². The summed E-state index contributed by atoms with van der Waals surface area (Å²) in [5, 5.41) is 81.4. The summed E-state index contributed by atoms with van der Waals surface area (Å²) in [7, 11) is 0. The van der Waals surface area contributed by atoms with E-state index >= 15 is 0 Å². The number of carbonyl (C=O) groups is 16. The monoisotopic (exact) mass is 1720 g/mol. The Morgan fingerprint density at radius 1 is 0.439 bits per heavy atom. The molecule has 2 fully saturated rings. The lowest BCUT2D eigenvalue weighted by Gasteiger charge is -2.32. The zero-order valence-electron chi connectivity index (χ0n) is 70.7. The molecule has 5 aromatic rings. The molecule has 24 N–H and O–H groups in total. The molecule has 3 aromatic carbocycles. The fraction of sp³-hybridized carbons (Fsp3) is 0.548. The number of likely N-dealkylation sites (tertiary alicyclic amines) is 2. The minimum atomic E-state index is -1.95. The molecule has 2 aliphatic rings. The van der Waals surface area contributed by atoms with Gasteiger partial charge in [0.1, 0.15) is 78.3 Å². The number of nitrogens with two attached hydrogens (primary N) is 3. The molecule has 0 unspecified atom stereocenters. The molecule has 0 radical (unpaired) electrons. The molecule has 39 heteroatoms. The number of aromatic amines is 2. The molecular formula is C84H120N18O21. The maximum atomic E-state index is 15.0. The Bertz CT molecular complexity index is 4560. The number of aromatic hydroxyl groups is 1. The normalized spacial score (nSPS) is 17.4. The molecule has 0 aliphatic carbocycles. The van der Waals surface area contributed by atoms with Crippen LogP contribution in [-0.4, -0.2) is 256 Å². The van der Waals surface area contributed by atoms with E-state index in [1.165, 1.54) is 49.9 Å². The lowest BCUT2D eigenvalue weighted by Crippen LogP contribution is -2.62. The third kappa shape index (κ3) is 28.8. The highest BCUT2D eigenvalue weighted by molar-refractivity contribution is 6.02. The van der Waals surface area contributed by atoms with Crippen molar-refractivity contribution in [3.63, 3.8) is 0 Å². The highest BCUT2D eigenvalue weighted by atomic mass is 16.4. The van der Waals surface area contributed by atoms with E-state index in [0.29, 0.717) is 51.3 Å². The van der Waals surface area contributed by atoms with Crippen molar-refractivity contribution in [1.29, 1.82) is 0 Å². The van der Waals surface area contributed by atoms with Crippen LogP contribution in [0.25, 0.3) is 21.8 Å². The fourth-order valence-electron chi connectivity index (χ4n) is 15.0. The summed E-state index contributed by atoms with van der Waals surface area (Å²) in [5.74, 6) is -17.4. The Morgan fingerprint density at radius 2 is 0.837 bits per heavy atom. The zero-order chi connectivity index (χ0) is 90.8. The Labute approximate surface area is 711 Å². The molecule has 7 rings (SSSR count). The number of phenolic OH excluding ortho intramolecular Hbond substituents is 1. The lowest BCUT2D eigenvalue weighted by molar-refractivity contribution is -0.147. The van der Waals surface area contributed by atoms with E-state index in [4.69, 9.17) is 17.2 Å². The van der Waals surface area contributed by atoms with Gasteiger partial charge in [-0.3, -0.25) is 71.9 Å². The number of rotatable bonds is 47. The van der Waals surface area contributed by atoms with E-state index in [2.05, 4.69) is 68.5 Å². The smallest absolute Gasteiger partial charge is 0.328 e. The second-order valence-corrected chi connectivity index (χ2v) is 32.9. The number of aromatic nitrogens is 2. The number of nitrogens with one attached hydrogen (secondary N) is 13. The molecule has 0 spiro atoms. The average Bonchev–Trinajstić information content (AvgIpc) is 1.71. The van der Waals surface area contributed by atoms with Gasteiger partial charge in [-0.25, -0.2) is 4.79 Å². The number of carbonyl (C=O) groups excluding carboxylic acids is 14. The van der Waals surface area contributed by atoms with Crippen molar-refractivity contribution >= 4 is 116 Å². The fourth-order valence-corrected chi connectivity index (χ4v) is 15.0. The van der Waals surface area contributed by atoms with Crippen LogP contribution in [0.5, 0.6) is 5.75 Å². The minimum absolute atomic E-state index is 0.0369. The number of fused-ring (bicyclic) bond motifs is 2. The second kappa shape index (κ2) is 46.2. The van der Waals surface area contributed by atoms with E-state index in [-0.39, 0.29) is 114 Å². The zero-order valence-corrected chi connectivity index (χ0v) is 70.7. The van der Waals surface area contributed by atoms with Crippen molar-refractivity contribution in [2.24, 2.45) is 35.0 Å². The molecule has 0 saturated carbocycles. The number of H-pyrrole nitrogens is 2. The number of nitrogens with zero attached hydrogens (tertiary/aromatic N) is 2. The van der Waals surface area contributed by atoms with Crippen LogP contribution < -0.4 is 75.7 Å². The van der Waals surface area contributed by atoms with Gasteiger partial charge in [0, 0.05) is 66.6 Å². The quantitative estimate of drug-likeness (QED) is 0.0197. The first-order chi connectivity index (χ1) is 58.1. The third-order valence-electron chi connectivity index (χ3n) is 21.3. The van der Waals surface area contributed by atoms with E-state index < -0.39 is 204 Å². The number of para-hydroxylation sites is 2. The second-order valence-electron chi connectivity index (χ2n) is 32.9. The average molecular weight is 1720 g/mol. The Hall–Kier alpha value is -12.1. The van der Waals surface area contributed by atoms with E-state index in [1.807, 2.05) is 0 Å². The molecule has 16 atom stereocenters. The predicted octanol–water partition coefficient (Wildman–Crippen LogP) is -1.49. The molecule has 0 bridgehead atoms. The molecule has 672 valence electrons. The highest BCUT2D eigenvalue weighted by Crippen LogP contribution is 2.27. The number of carboxylic acid groups (broad SMARTS) is 2. The molecule has 4 heterocycles. The third-order valence-corrected chi connectivity index (χ3v) is 21.3. The lowest BCUT2D eigenvalue weighted by atomic mass is 9.98. The largest absolute Gasteiger partial charge is 0.508 e. The van der Waals surface area contributed by atoms with Crippen LogP contribution in [0.1, 0.15) is 156 Å². The van der Waals surface area contributed by atoms with Crippen molar-refractivity contribution in [3.8, 4) is 5.75 Å². The molecule has 2 aromatic heterocycles.